The lowest BCUT2D eigenvalue weighted by Gasteiger charge is -1.86. The van der Waals surface area contributed by atoms with Gasteiger partial charge in [0.25, 0.3) is 0 Å². The molecule has 2 N–H and O–H groups in total. The summed E-state index contributed by atoms with van der Waals surface area (Å²) < 4.78 is 0. The fourth-order valence-corrected chi connectivity index (χ4v) is 0.639. The van der Waals surface area contributed by atoms with E-state index in [2.05, 4.69) is 15.4 Å². The van der Waals surface area contributed by atoms with Crippen LogP contribution in [-0.4, -0.2) is 5.84 Å². The zero-order chi connectivity index (χ0) is 8.81. The Morgan fingerprint density at radius 1 is 1.25 bits per heavy atom. The molecule has 4 nitrogen and oxygen atoms in total. The van der Waals surface area contributed by atoms with Crippen LogP contribution in [0.4, 0.5) is 5.69 Å². The third-order valence-corrected chi connectivity index (χ3v) is 1.12. The summed E-state index contributed by atoms with van der Waals surface area (Å²) in [6.07, 6.45) is 0. The molecule has 1 rings (SSSR count). The summed E-state index contributed by atoms with van der Waals surface area (Å²) >= 11 is 0. The van der Waals surface area contributed by atoms with E-state index in [0.717, 1.165) is 5.69 Å². The van der Waals surface area contributed by atoms with Gasteiger partial charge in [0.2, 0.25) is 0 Å². The van der Waals surface area contributed by atoms with Crippen molar-refractivity contribution in [3.8, 4) is 0 Å². The molecule has 0 aliphatic heterocycles. The molecule has 0 aromatic heterocycles. The maximum Gasteiger partial charge on any atom is 0.121 e. The maximum absolute atomic E-state index is 5.25. The van der Waals surface area contributed by atoms with Crippen molar-refractivity contribution in [3.05, 3.63) is 30.3 Å². The highest BCUT2D eigenvalue weighted by Gasteiger charge is 1.82. The molecule has 0 aliphatic carbocycles. The number of rotatable bonds is 2. The second kappa shape index (κ2) is 4.23. The Bertz CT molecular complexity index is 285. The minimum absolute atomic E-state index is 0.398. The van der Waals surface area contributed by atoms with Crippen molar-refractivity contribution in [2.24, 2.45) is 21.2 Å². The number of hydrogen-bond donors (Lipinski definition) is 1. The predicted molar refractivity (Wildman–Crippen MR) is 48.3 cm³/mol. The Kier molecular flexibility index (Phi) is 2.95. The first-order valence-electron chi connectivity index (χ1n) is 3.55. The SMILES string of the molecule is C/C(N)=N/N=Nc1ccccc1. The van der Waals surface area contributed by atoms with E-state index in [9.17, 15) is 0 Å². The van der Waals surface area contributed by atoms with Crippen molar-refractivity contribution in [2.75, 3.05) is 0 Å². The molecular weight excluding hydrogens is 152 g/mol. The molecule has 62 valence electrons. The van der Waals surface area contributed by atoms with Gasteiger partial charge in [-0.2, -0.15) is 0 Å². The molecule has 0 heterocycles. The third kappa shape index (κ3) is 2.92. The van der Waals surface area contributed by atoms with E-state index in [0.29, 0.717) is 5.84 Å². The number of nitrogens with zero attached hydrogens (tertiary/aromatic N) is 3. The van der Waals surface area contributed by atoms with Gasteiger partial charge in [-0.15, -0.1) is 10.2 Å². The van der Waals surface area contributed by atoms with E-state index in [-0.39, 0.29) is 0 Å². The van der Waals surface area contributed by atoms with Crippen molar-refractivity contribution in [2.45, 2.75) is 6.92 Å². The summed E-state index contributed by atoms with van der Waals surface area (Å²) in [6.45, 7) is 1.66. The normalized spacial score (nSPS) is 12.2. The molecular formula is C8H10N4. The quantitative estimate of drug-likeness (QED) is 0.307. The van der Waals surface area contributed by atoms with Crippen molar-refractivity contribution < 1.29 is 0 Å². The Morgan fingerprint density at radius 3 is 2.50 bits per heavy atom. The fourth-order valence-electron chi connectivity index (χ4n) is 0.639. The van der Waals surface area contributed by atoms with E-state index in [1.54, 1.807) is 6.92 Å². The molecule has 0 spiro atoms. The summed E-state index contributed by atoms with van der Waals surface area (Å²) in [7, 11) is 0. The lowest BCUT2D eigenvalue weighted by molar-refractivity contribution is 1.05. The van der Waals surface area contributed by atoms with Crippen LogP contribution in [0.25, 0.3) is 0 Å². The lowest BCUT2D eigenvalue weighted by Crippen LogP contribution is -2.03. The molecule has 0 bridgehead atoms. The smallest absolute Gasteiger partial charge is 0.121 e. The number of amidine groups is 1. The van der Waals surface area contributed by atoms with Crippen LogP contribution < -0.4 is 5.73 Å². The van der Waals surface area contributed by atoms with Crippen molar-refractivity contribution in [1.82, 2.24) is 0 Å². The highest BCUT2D eigenvalue weighted by Crippen LogP contribution is 2.09. The van der Waals surface area contributed by atoms with Crippen LogP contribution in [0.3, 0.4) is 0 Å². The zero-order valence-corrected chi connectivity index (χ0v) is 6.81. The topological polar surface area (TPSA) is 63.1 Å². The fraction of sp³-hybridized carbons (Fsp3) is 0.125. The molecule has 12 heavy (non-hydrogen) atoms. The minimum atomic E-state index is 0.398. The second-order valence-electron chi connectivity index (χ2n) is 2.27. The molecule has 0 radical (unpaired) electrons. The number of hydrogen-bond acceptors (Lipinski definition) is 2. The Hall–Kier alpha value is -1.71. The predicted octanol–water partition coefficient (Wildman–Crippen LogP) is 2.06. The van der Waals surface area contributed by atoms with Crippen LogP contribution in [0.15, 0.2) is 45.8 Å². The van der Waals surface area contributed by atoms with Gasteiger partial charge in [0.15, 0.2) is 0 Å². The van der Waals surface area contributed by atoms with Crippen LogP contribution in [0.2, 0.25) is 0 Å². The Labute approximate surface area is 70.8 Å². The number of benzene rings is 1. The van der Waals surface area contributed by atoms with Gasteiger partial charge in [-0.1, -0.05) is 18.2 Å². The van der Waals surface area contributed by atoms with Crippen LogP contribution in [0.5, 0.6) is 0 Å². The average Bonchev–Trinajstić information content (AvgIpc) is 2.05. The summed E-state index contributed by atoms with van der Waals surface area (Å²) in [4.78, 5) is 0. The molecule has 0 amide bonds. The van der Waals surface area contributed by atoms with Gasteiger partial charge < -0.3 is 5.73 Å². The molecule has 4 heteroatoms. The lowest BCUT2D eigenvalue weighted by atomic mass is 10.3. The van der Waals surface area contributed by atoms with E-state index in [1.807, 2.05) is 30.3 Å². The summed E-state index contributed by atoms with van der Waals surface area (Å²) in [6, 6.07) is 9.35. The second-order valence-corrected chi connectivity index (χ2v) is 2.27. The van der Waals surface area contributed by atoms with Crippen LogP contribution in [0.1, 0.15) is 6.92 Å². The van der Waals surface area contributed by atoms with E-state index < -0.39 is 0 Å². The number of nitrogens with two attached hydrogens (primary N) is 1. The standard InChI is InChI=1S/C8H10N4/c1-7(9)10-12-11-8-5-3-2-4-6-8/h2-6H,1H3,(H2,9,10,11). The first-order valence-corrected chi connectivity index (χ1v) is 3.55. The van der Waals surface area contributed by atoms with Crippen LogP contribution >= 0.6 is 0 Å². The van der Waals surface area contributed by atoms with Gasteiger partial charge in [-0.3, -0.25) is 0 Å². The van der Waals surface area contributed by atoms with Gasteiger partial charge in [0.05, 0.1) is 5.69 Å². The van der Waals surface area contributed by atoms with Crippen molar-refractivity contribution >= 4 is 11.5 Å². The first-order chi connectivity index (χ1) is 5.79. The van der Waals surface area contributed by atoms with E-state index >= 15 is 0 Å². The first kappa shape index (κ1) is 8.39. The molecule has 0 aliphatic rings. The molecule has 1 aromatic rings. The minimum Gasteiger partial charge on any atom is -0.386 e. The maximum atomic E-state index is 5.25. The Morgan fingerprint density at radius 2 is 1.92 bits per heavy atom. The Balaban J connectivity index is 2.64. The van der Waals surface area contributed by atoms with Gasteiger partial charge in [-0.05, 0) is 24.3 Å². The molecule has 1 aromatic carbocycles. The van der Waals surface area contributed by atoms with E-state index in [1.165, 1.54) is 0 Å². The molecule has 0 saturated heterocycles. The highest BCUT2D eigenvalue weighted by atomic mass is 15.4. The third-order valence-electron chi connectivity index (χ3n) is 1.12. The van der Waals surface area contributed by atoms with E-state index in [4.69, 9.17) is 5.73 Å². The van der Waals surface area contributed by atoms with Gasteiger partial charge in [0, 0.05) is 0 Å². The largest absolute Gasteiger partial charge is 0.386 e. The average molecular weight is 162 g/mol. The van der Waals surface area contributed by atoms with Crippen molar-refractivity contribution in [3.63, 3.8) is 0 Å². The van der Waals surface area contributed by atoms with Crippen molar-refractivity contribution in [1.29, 1.82) is 0 Å². The highest BCUT2D eigenvalue weighted by molar-refractivity contribution is 5.77. The summed E-state index contributed by atoms with van der Waals surface area (Å²) in [5.41, 5.74) is 6.02. The van der Waals surface area contributed by atoms with Crippen LogP contribution in [-0.2, 0) is 0 Å². The van der Waals surface area contributed by atoms with Gasteiger partial charge >= 0.3 is 0 Å². The van der Waals surface area contributed by atoms with Gasteiger partial charge in [-0.25, -0.2) is 0 Å². The van der Waals surface area contributed by atoms with Gasteiger partial charge in [0.1, 0.15) is 5.84 Å². The monoisotopic (exact) mass is 162 g/mol. The molecule has 0 atom stereocenters. The zero-order valence-electron chi connectivity index (χ0n) is 6.81. The van der Waals surface area contributed by atoms with Crippen LogP contribution in [0, 0.1) is 0 Å². The molecule has 0 unspecified atom stereocenters. The summed E-state index contributed by atoms with van der Waals surface area (Å²) in [5, 5.41) is 10.9. The molecule has 0 fully saturated rings. The molecule has 0 saturated carbocycles. The summed E-state index contributed by atoms with van der Waals surface area (Å²) in [5.74, 6) is 0.398.